The van der Waals surface area contributed by atoms with E-state index < -0.39 is 0 Å². The minimum absolute atomic E-state index is 0.647. The first kappa shape index (κ1) is 15.9. The van der Waals surface area contributed by atoms with Crippen molar-refractivity contribution in [2.24, 2.45) is 0 Å². The molecule has 0 bridgehead atoms. The molecule has 1 unspecified atom stereocenters. The summed E-state index contributed by atoms with van der Waals surface area (Å²) in [5, 5.41) is 3.49. The molecule has 0 aromatic rings. The molecule has 0 rings (SSSR count). The van der Waals surface area contributed by atoms with Crippen molar-refractivity contribution in [3.63, 3.8) is 0 Å². The molecule has 0 aliphatic heterocycles. The highest BCUT2D eigenvalue weighted by molar-refractivity contribution is 4.59. The zero-order chi connectivity index (χ0) is 12.1. The minimum Gasteiger partial charge on any atom is -0.385 e. The number of rotatable bonds is 12. The summed E-state index contributed by atoms with van der Waals surface area (Å²) in [6.45, 7) is 8.12. The lowest BCUT2D eigenvalue weighted by Crippen LogP contribution is -2.26. The number of ether oxygens (including phenoxy) is 2. The highest BCUT2D eigenvalue weighted by Crippen LogP contribution is 2.01. The summed E-state index contributed by atoms with van der Waals surface area (Å²) in [5.74, 6) is 0. The minimum atomic E-state index is 0.647. The van der Waals surface area contributed by atoms with Crippen molar-refractivity contribution in [1.29, 1.82) is 0 Å². The van der Waals surface area contributed by atoms with Gasteiger partial charge in [-0.1, -0.05) is 6.92 Å². The molecule has 0 aliphatic carbocycles. The summed E-state index contributed by atoms with van der Waals surface area (Å²) in [6, 6.07) is 0.647. The Morgan fingerprint density at radius 1 is 1.06 bits per heavy atom. The van der Waals surface area contributed by atoms with E-state index in [1.54, 1.807) is 7.11 Å². The quantitative estimate of drug-likeness (QED) is 0.524. The van der Waals surface area contributed by atoms with Gasteiger partial charge in [0.25, 0.3) is 0 Å². The zero-order valence-electron chi connectivity index (χ0n) is 11.3. The highest BCUT2D eigenvalue weighted by Gasteiger charge is 1.99. The first-order chi connectivity index (χ1) is 7.81. The van der Waals surface area contributed by atoms with Crippen LogP contribution in [0.25, 0.3) is 0 Å². The van der Waals surface area contributed by atoms with Gasteiger partial charge in [0.1, 0.15) is 0 Å². The molecule has 98 valence electrons. The maximum atomic E-state index is 5.50. The van der Waals surface area contributed by atoms with Gasteiger partial charge in [0.2, 0.25) is 0 Å². The molecule has 0 amide bonds. The van der Waals surface area contributed by atoms with E-state index in [-0.39, 0.29) is 0 Å². The van der Waals surface area contributed by atoms with E-state index in [0.29, 0.717) is 6.04 Å². The lowest BCUT2D eigenvalue weighted by molar-refractivity contribution is 0.0999. The van der Waals surface area contributed by atoms with Gasteiger partial charge in [0, 0.05) is 33.0 Å². The fraction of sp³-hybridized carbons (Fsp3) is 1.00. The average Bonchev–Trinajstić information content (AvgIpc) is 2.30. The molecule has 1 atom stereocenters. The van der Waals surface area contributed by atoms with Gasteiger partial charge in [0.15, 0.2) is 0 Å². The van der Waals surface area contributed by atoms with Crippen LogP contribution in [-0.4, -0.2) is 39.5 Å². The maximum Gasteiger partial charge on any atom is 0.0487 e. The van der Waals surface area contributed by atoms with Crippen molar-refractivity contribution in [1.82, 2.24) is 5.32 Å². The van der Waals surface area contributed by atoms with Crippen LogP contribution in [0.1, 0.15) is 46.0 Å². The Bertz CT molecular complexity index is 131. The molecule has 16 heavy (non-hydrogen) atoms. The second-order valence-corrected chi connectivity index (χ2v) is 4.31. The normalized spacial score (nSPS) is 12.9. The van der Waals surface area contributed by atoms with Crippen LogP contribution in [0.4, 0.5) is 0 Å². The molecule has 0 saturated heterocycles. The van der Waals surface area contributed by atoms with Gasteiger partial charge >= 0.3 is 0 Å². The van der Waals surface area contributed by atoms with E-state index in [0.717, 1.165) is 32.8 Å². The first-order valence-corrected chi connectivity index (χ1v) is 6.61. The summed E-state index contributed by atoms with van der Waals surface area (Å²) < 4.78 is 10.4. The molecule has 3 nitrogen and oxygen atoms in total. The van der Waals surface area contributed by atoms with Gasteiger partial charge in [-0.2, -0.15) is 0 Å². The SMILES string of the molecule is CCCNC(C)CCCCOCCCOC. The molecule has 0 aromatic heterocycles. The molecule has 0 saturated carbocycles. The summed E-state index contributed by atoms with van der Waals surface area (Å²) >= 11 is 0. The third-order valence-electron chi connectivity index (χ3n) is 2.56. The maximum absolute atomic E-state index is 5.50. The summed E-state index contributed by atoms with van der Waals surface area (Å²) in [6.07, 6.45) is 5.90. The molecule has 3 heteroatoms. The van der Waals surface area contributed by atoms with E-state index >= 15 is 0 Å². The number of methoxy groups -OCH3 is 1. The van der Waals surface area contributed by atoms with Gasteiger partial charge in [-0.05, 0) is 45.6 Å². The van der Waals surface area contributed by atoms with Crippen molar-refractivity contribution in [2.45, 2.75) is 52.0 Å². The molecule has 0 fully saturated rings. The topological polar surface area (TPSA) is 30.5 Å². The van der Waals surface area contributed by atoms with Crippen LogP contribution in [-0.2, 0) is 9.47 Å². The van der Waals surface area contributed by atoms with Crippen LogP contribution in [0.5, 0.6) is 0 Å². The van der Waals surface area contributed by atoms with Gasteiger partial charge < -0.3 is 14.8 Å². The molecular weight excluding hydrogens is 202 g/mol. The zero-order valence-corrected chi connectivity index (χ0v) is 11.3. The van der Waals surface area contributed by atoms with Crippen molar-refractivity contribution < 1.29 is 9.47 Å². The molecule has 0 aromatic carbocycles. The molecule has 0 spiro atoms. The Morgan fingerprint density at radius 3 is 2.50 bits per heavy atom. The average molecular weight is 231 g/mol. The Labute approximate surface area is 101 Å². The standard InChI is InChI=1S/C13H29NO2/c1-4-9-14-13(2)8-5-6-11-16-12-7-10-15-3/h13-14H,4-12H2,1-3H3. The van der Waals surface area contributed by atoms with E-state index in [1.165, 1.54) is 25.7 Å². The van der Waals surface area contributed by atoms with Crippen LogP contribution >= 0.6 is 0 Å². The van der Waals surface area contributed by atoms with Crippen LogP contribution in [0.2, 0.25) is 0 Å². The Kier molecular flexibility index (Phi) is 12.9. The smallest absolute Gasteiger partial charge is 0.0487 e. The number of unbranched alkanes of at least 4 members (excludes halogenated alkanes) is 1. The van der Waals surface area contributed by atoms with E-state index in [2.05, 4.69) is 19.2 Å². The van der Waals surface area contributed by atoms with Crippen LogP contribution < -0.4 is 5.32 Å². The number of nitrogens with one attached hydrogen (secondary N) is 1. The lowest BCUT2D eigenvalue weighted by Gasteiger charge is -2.12. The third-order valence-corrected chi connectivity index (χ3v) is 2.56. The van der Waals surface area contributed by atoms with E-state index in [9.17, 15) is 0 Å². The van der Waals surface area contributed by atoms with Crippen molar-refractivity contribution in [3.05, 3.63) is 0 Å². The van der Waals surface area contributed by atoms with E-state index in [4.69, 9.17) is 9.47 Å². The van der Waals surface area contributed by atoms with Crippen molar-refractivity contribution in [3.8, 4) is 0 Å². The second kappa shape index (κ2) is 12.9. The lowest BCUT2D eigenvalue weighted by atomic mass is 10.1. The summed E-state index contributed by atoms with van der Waals surface area (Å²) in [4.78, 5) is 0. The van der Waals surface area contributed by atoms with Crippen LogP contribution in [0.15, 0.2) is 0 Å². The number of hydrogen-bond donors (Lipinski definition) is 1. The monoisotopic (exact) mass is 231 g/mol. The Balaban J connectivity index is 3.02. The van der Waals surface area contributed by atoms with E-state index in [1.807, 2.05) is 0 Å². The van der Waals surface area contributed by atoms with Crippen LogP contribution in [0.3, 0.4) is 0 Å². The Hall–Kier alpha value is -0.120. The van der Waals surface area contributed by atoms with Gasteiger partial charge in [0.05, 0.1) is 0 Å². The molecule has 1 N–H and O–H groups in total. The van der Waals surface area contributed by atoms with Crippen LogP contribution in [0, 0.1) is 0 Å². The molecule has 0 aliphatic rings. The fourth-order valence-electron chi connectivity index (χ4n) is 1.55. The predicted molar refractivity (Wildman–Crippen MR) is 68.9 cm³/mol. The largest absolute Gasteiger partial charge is 0.385 e. The molecular formula is C13H29NO2. The number of hydrogen-bond acceptors (Lipinski definition) is 3. The summed E-state index contributed by atoms with van der Waals surface area (Å²) in [5.41, 5.74) is 0. The first-order valence-electron chi connectivity index (χ1n) is 6.61. The van der Waals surface area contributed by atoms with Gasteiger partial charge in [-0.15, -0.1) is 0 Å². The van der Waals surface area contributed by atoms with Crippen molar-refractivity contribution in [2.75, 3.05) is 33.5 Å². The summed E-state index contributed by atoms with van der Waals surface area (Å²) in [7, 11) is 1.73. The predicted octanol–water partition coefficient (Wildman–Crippen LogP) is 2.60. The van der Waals surface area contributed by atoms with Gasteiger partial charge in [-0.3, -0.25) is 0 Å². The third kappa shape index (κ3) is 12.0. The fourth-order valence-corrected chi connectivity index (χ4v) is 1.55. The molecule has 0 radical (unpaired) electrons. The van der Waals surface area contributed by atoms with Crippen molar-refractivity contribution >= 4 is 0 Å². The second-order valence-electron chi connectivity index (χ2n) is 4.31. The van der Waals surface area contributed by atoms with Gasteiger partial charge in [-0.25, -0.2) is 0 Å². The Morgan fingerprint density at radius 2 is 1.81 bits per heavy atom. The highest BCUT2D eigenvalue weighted by atomic mass is 16.5. The molecule has 0 heterocycles.